The Kier molecular flexibility index (Phi) is 5.74. The number of hydrogen-bond acceptors (Lipinski definition) is 5. The van der Waals surface area contributed by atoms with E-state index < -0.39 is 0 Å². The van der Waals surface area contributed by atoms with E-state index in [2.05, 4.69) is 20.8 Å². The summed E-state index contributed by atoms with van der Waals surface area (Å²) in [5.74, 6) is -0.115. The van der Waals surface area contributed by atoms with Crippen LogP contribution in [-0.4, -0.2) is 22.1 Å². The third kappa shape index (κ3) is 4.18. The van der Waals surface area contributed by atoms with Crippen LogP contribution >= 0.6 is 22.9 Å². The smallest absolute Gasteiger partial charge is 0.248 e. The summed E-state index contributed by atoms with van der Waals surface area (Å²) in [6, 6.07) is 5.22. The van der Waals surface area contributed by atoms with E-state index in [0.29, 0.717) is 16.6 Å². The fraction of sp³-hybridized carbons (Fsp3) is 0.400. The Morgan fingerprint density at radius 2 is 2.14 bits per heavy atom. The van der Waals surface area contributed by atoms with Crippen LogP contribution in [0.1, 0.15) is 30.8 Å². The molecule has 0 saturated carbocycles. The van der Waals surface area contributed by atoms with Crippen LogP contribution in [0, 0.1) is 6.92 Å². The maximum Gasteiger partial charge on any atom is 0.248 e. The van der Waals surface area contributed by atoms with Gasteiger partial charge in [0.25, 0.3) is 0 Å². The summed E-state index contributed by atoms with van der Waals surface area (Å²) >= 11 is 7.35. The van der Waals surface area contributed by atoms with Gasteiger partial charge >= 0.3 is 0 Å². The average Bonchev–Trinajstić information content (AvgIpc) is 2.94. The number of aromatic nitrogens is 2. The normalized spacial score (nSPS) is 12.0. The molecule has 0 saturated heterocycles. The molecule has 0 bridgehead atoms. The molecule has 1 aromatic heterocycles. The van der Waals surface area contributed by atoms with E-state index in [0.717, 1.165) is 22.7 Å². The summed E-state index contributed by atoms with van der Waals surface area (Å²) in [5.41, 5.74) is 1.90. The summed E-state index contributed by atoms with van der Waals surface area (Å²) in [4.78, 5) is 12.4. The molecule has 2 aromatic rings. The van der Waals surface area contributed by atoms with Crippen molar-refractivity contribution in [1.82, 2.24) is 10.2 Å². The molecule has 0 aliphatic rings. The molecule has 0 unspecified atom stereocenters. The summed E-state index contributed by atoms with van der Waals surface area (Å²) in [6.45, 7) is 5.92. The number of carbonyl (C=O) groups is 1. The van der Waals surface area contributed by atoms with E-state index in [1.54, 1.807) is 6.07 Å². The Hall–Kier alpha value is -1.66. The molecule has 22 heavy (non-hydrogen) atoms. The molecule has 1 aromatic carbocycles. The Labute approximate surface area is 139 Å². The molecular formula is C15H19ClN4OS. The van der Waals surface area contributed by atoms with Gasteiger partial charge in [-0.25, -0.2) is 0 Å². The Morgan fingerprint density at radius 3 is 2.73 bits per heavy atom. The molecule has 0 radical (unpaired) electrons. The number of amides is 1. The van der Waals surface area contributed by atoms with Gasteiger partial charge in [0.15, 0.2) is 0 Å². The van der Waals surface area contributed by atoms with Crippen molar-refractivity contribution in [3.05, 3.63) is 33.8 Å². The topological polar surface area (TPSA) is 66.9 Å². The molecule has 1 atom stereocenters. The molecule has 118 valence electrons. The molecule has 2 N–H and O–H groups in total. The molecule has 0 spiro atoms. The van der Waals surface area contributed by atoms with Gasteiger partial charge in [0, 0.05) is 10.7 Å². The minimum absolute atomic E-state index is 0.115. The lowest BCUT2D eigenvalue weighted by molar-refractivity contribution is -0.117. The quantitative estimate of drug-likeness (QED) is 0.838. The first-order valence-electron chi connectivity index (χ1n) is 7.19. The van der Waals surface area contributed by atoms with E-state index >= 15 is 0 Å². The largest absolute Gasteiger partial charge is 0.373 e. The molecule has 0 aliphatic carbocycles. The van der Waals surface area contributed by atoms with Crippen molar-refractivity contribution in [2.24, 2.45) is 0 Å². The highest BCUT2D eigenvalue weighted by molar-refractivity contribution is 7.15. The summed E-state index contributed by atoms with van der Waals surface area (Å²) in [7, 11) is 0. The molecular weight excluding hydrogens is 320 g/mol. The van der Waals surface area contributed by atoms with Crippen LogP contribution in [0.15, 0.2) is 18.2 Å². The lowest BCUT2D eigenvalue weighted by Crippen LogP contribution is -2.34. The third-order valence-electron chi connectivity index (χ3n) is 3.24. The van der Waals surface area contributed by atoms with Crippen molar-refractivity contribution in [3.8, 4) is 0 Å². The second-order valence-electron chi connectivity index (χ2n) is 4.91. The zero-order valence-electron chi connectivity index (χ0n) is 12.8. The van der Waals surface area contributed by atoms with E-state index in [1.807, 2.05) is 32.9 Å². The number of rotatable bonds is 6. The summed E-state index contributed by atoms with van der Waals surface area (Å²) < 4.78 is 0. The number of anilines is 2. The number of nitrogens with one attached hydrogen (secondary N) is 2. The van der Waals surface area contributed by atoms with Gasteiger partial charge in [0.1, 0.15) is 11.0 Å². The van der Waals surface area contributed by atoms with Crippen LogP contribution in [0.25, 0.3) is 0 Å². The Morgan fingerprint density at radius 1 is 1.36 bits per heavy atom. The maximum absolute atomic E-state index is 12.4. The van der Waals surface area contributed by atoms with Crippen molar-refractivity contribution in [1.29, 1.82) is 0 Å². The lowest BCUT2D eigenvalue weighted by Gasteiger charge is -2.18. The van der Waals surface area contributed by atoms with Gasteiger partial charge in [-0.1, -0.05) is 36.8 Å². The van der Waals surface area contributed by atoms with Crippen LogP contribution in [0.5, 0.6) is 0 Å². The minimum atomic E-state index is -0.339. The second-order valence-corrected chi connectivity index (χ2v) is 6.41. The molecule has 5 nitrogen and oxygen atoms in total. The summed E-state index contributed by atoms with van der Waals surface area (Å²) in [5, 5.41) is 16.2. The average molecular weight is 339 g/mol. The Balaban J connectivity index is 2.05. The number of aryl methyl sites for hydroxylation is 2. The van der Waals surface area contributed by atoms with Crippen molar-refractivity contribution in [2.75, 3.05) is 10.6 Å². The van der Waals surface area contributed by atoms with Gasteiger partial charge in [0.2, 0.25) is 11.0 Å². The highest BCUT2D eigenvalue weighted by Gasteiger charge is 2.18. The number of halogens is 1. The van der Waals surface area contributed by atoms with E-state index in [1.165, 1.54) is 11.3 Å². The first-order chi connectivity index (χ1) is 10.5. The van der Waals surface area contributed by atoms with Crippen LogP contribution in [0.2, 0.25) is 5.02 Å². The zero-order valence-corrected chi connectivity index (χ0v) is 14.4. The monoisotopic (exact) mass is 338 g/mol. The van der Waals surface area contributed by atoms with Gasteiger partial charge < -0.3 is 5.32 Å². The molecule has 1 heterocycles. The van der Waals surface area contributed by atoms with Crippen molar-refractivity contribution in [3.63, 3.8) is 0 Å². The first kappa shape index (κ1) is 16.7. The molecule has 2 rings (SSSR count). The zero-order chi connectivity index (χ0) is 16.1. The second kappa shape index (κ2) is 7.56. The lowest BCUT2D eigenvalue weighted by atomic mass is 10.1. The van der Waals surface area contributed by atoms with Crippen LogP contribution in [0.4, 0.5) is 10.8 Å². The highest BCUT2D eigenvalue weighted by atomic mass is 35.5. The molecule has 0 aliphatic heterocycles. The minimum Gasteiger partial charge on any atom is -0.373 e. The number of hydrogen-bond donors (Lipinski definition) is 2. The van der Waals surface area contributed by atoms with Crippen molar-refractivity contribution < 1.29 is 4.79 Å². The van der Waals surface area contributed by atoms with Crippen LogP contribution in [0.3, 0.4) is 0 Å². The maximum atomic E-state index is 12.4. The van der Waals surface area contributed by atoms with Gasteiger partial charge in [-0.15, -0.1) is 10.2 Å². The standard InChI is InChI=1S/C15H19ClN4OS/c1-4-11(17-12-7-6-10(16)8-9(12)3)14(21)18-15-20-19-13(5-2)22-15/h6-8,11,17H,4-5H2,1-3H3,(H,18,20,21)/t11-/m1/s1. The van der Waals surface area contributed by atoms with Gasteiger partial charge in [0.05, 0.1) is 0 Å². The number of carbonyl (C=O) groups excluding carboxylic acids is 1. The molecule has 0 fully saturated rings. The van der Waals surface area contributed by atoms with E-state index in [-0.39, 0.29) is 11.9 Å². The van der Waals surface area contributed by atoms with Crippen molar-refractivity contribution >= 4 is 39.7 Å². The number of nitrogens with zero attached hydrogens (tertiary/aromatic N) is 2. The fourth-order valence-electron chi connectivity index (χ4n) is 1.97. The molecule has 1 amide bonds. The predicted molar refractivity (Wildman–Crippen MR) is 91.8 cm³/mol. The fourth-order valence-corrected chi connectivity index (χ4v) is 2.88. The molecule has 7 heteroatoms. The Bertz CT molecular complexity index is 659. The van der Waals surface area contributed by atoms with E-state index in [9.17, 15) is 4.79 Å². The summed E-state index contributed by atoms with van der Waals surface area (Å²) in [6.07, 6.45) is 1.47. The third-order valence-corrected chi connectivity index (χ3v) is 4.46. The van der Waals surface area contributed by atoms with Gasteiger partial charge in [-0.2, -0.15) is 0 Å². The SMILES string of the molecule is CCc1nnc(NC(=O)[C@@H](CC)Nc2ccc(Cl)cc2C)s1. The number of benzene rings is 1. The highest BCUT2D eigenvalue weighted by Crippen LogP contribution is 2.21. The van der Waals surface area contributed by atoms with Crippen LogP contribution in [-0.2, 0) is 11.2 Å². The van der Waals surface area contributed by atoms with E-state index in [4.69, 9.17) is 11.6 Å². The van der Waals surface area contributed by atoms with Crippen LogP contribution < -0.4 is 10.6 Å². The van der Waals surface area contributed by atoms with Gasteiger partial charge in [-0.3, -0.25) is 10.1 Å². The first-order valence-corrected chi connectivity index (χ1v) is 8.38. The van der Waals surface area contributed by atoms with Crippen molar-refractivity contribution in [2.45, 2.75) is 39.7 Å². The van der Waals surface area contributed by atoms with Gasteiger partial charge in [-0.05, 0) is 43.5 Å². The predicted octanol–water partition coefficient (Wildman–Crippen LogP) is 3.89.